The third-order valence-corrected chi connectivity index (χ3v) is 4.77. The molecule has 2 aromatic rings. The van der Waals surface area contributed by atoms with Gasteiger partial charge in [0.15, 0.2) is 0 Å². The maximum Gasteiger partial charge on any atom is 0.416 e. The molecule has 1 N–H and O–H groups in total. The Morgan fingerprint density at radius 3 is 2.62 bits per heavy atom. The van der Waals surface area contributed by atoms with Gasteiger partial charge in [0.25, 0.3) is 0 Å². The summed E-state index contributed by atoms with van der Waals surface area (Å²) in [5, 5.41) is 10.9. The topological polar surface area (TPSA) is 37.9 Å². The standard InChI is InChI=1S/C17H19ClF3N5/c1-12-15(11-22-25-8-6-24(2)7-9-25)16(18)26(23-12)14-5-3-4-13(10-14)17(19,20)21/h3-5,10-11H,6-9H2,1-2H3/p+1. The lowest BCUT2D eigenvalue weighted by atomic mass is 10.2. The molecule has 26 heavy (non-hydrogen) atoms. The van der Waals surface area contributed by atoms with E-state index in [1.54, 1.807) is 13.1 Å². The Morgan fingerprint density at radius 1 is 1.27 bits per heavy atom. The van der Waals surface area contributed by atoms with Crippen molar-refractivity contribution in [3.63, 3.8) is 0 Å². The van der Waals surface area contributed by atoms with Gasteiger partial charge >= 0.3 is 6.18 Å². The fraction of sp³-hybridized carbons (Fsp3) is 0.412. The van der Waals surface area contributed by atoms with Crippen LogP contribution >= 0.6 is 11.6 Å². The van der Waals surface area contributed by atoms with Crippen molar-refractivity contribution >= 4 is 17.8 Å². The summed E-state index contributed by atoms with van der Waals surface area (Å²) in [6.45, 7) is 5.47. The molecule has 1 aliphatic rings. The molecular weight excluding hydrogens is 367 g/mol. The van der Waals surface area contributed by atoms with Gasteiger partial charge < -0.3 is 4.90 Å². The lowest BCUT2D eigenvalue weighted by molar-refractivity contribution is -0.884. The largest absolute Gasteiger partial charge is 0.416 e. The van der Waals surface area contributed by atoms with Crippen molar-refractivity contribution < 1.29 is 18.1 Å². The van der Waals surface area contributed by atoms with E-state index in [4.69, 9.17) is 11.6 Å². The number of nitrogens with zero attached hydrogens (tertiary/aromatic N) is 4. The number of halogens is 4. The molecule has 1 aromatic carbocycles. The van der Waals surface area contributed by atoms with Gasteiger partial charge in [0.1, 0.15) is 5.15 Å². The minimum absolute atomic E-state index is 0.241. The van der Waals surface area contributed by atoms with Gasteiger partial charge in [-0.05, 0) is 25.1 Å². The van der Waals surface area contributed by atoms with Gasteiger partial charge in [-0.3, -0.25) is 5.01 Å². The highest BCUT2D eigenvalue weighted by Gasteiger charge is 2.30. The Kier molecular flexibility index (Phi) is 5.24. The second-order valence-corrected chi connectivity index (χ2v) is 6.76. The van der Waals surface area contributed by atoms with E-state index in [0.717, 1.165) is 38.3 Å². The van der Waals surface area contributed by atoms with Gasteiger partial charge in [-0.1, -0.05) is 17.7 Å². The molecule has 1 aromatic heterocycles. The first-order chi connectivity index (χ1) is 12.3. The van der Waals surface area contributed by atoms with E-state index >= 15 is 0 Å². The number of hydrogen-bond donors (Lipinski definition) is 1. The van der Waals surface area contributed by atoms with Crippen molar-refractivity contribution in [3.8, 4) is 5.69 Å². The van der Waals surface area contributed by atoms with Crippen molar-refractivity contribution in [2.24, 2.45) is 5.10 Å². The molecule has 140 valence electrons. The third kappa shape index (κ3) is 4.02. The molecule has 1 fully saturated rings. The summed E-state index contributed by atoms with van der Waals surface area (Å²) in [7, 11) is 2.14. The smallest absolute Gasteiger partial charge is 0.334 e. The third-order valence-electron chi connectivity index (χ3n) is 4.41. The van der Waals surface area contributed by atoms with Gasteiger partial charge in [-0.15, -0.1) is 0 Å². The maximum atomic E-state index is 12.9. The first-order valence-corrected chi connectivity index (χ1v) is 8.66. The molecule has 9 heteroatoms. The molecule has 0 atom stereocenters. The van der Waals surface area contributed by atoms with E-state index in [1.807, 2.05) is 5.01 Å². The molecule has 0 bridgehead atoms. The normalized spacial score (nSPS) is 16.6. The van der Waals surface area contributed by atoms with E-state index in [2.05, 4.69) is 17.2 Å². The number of aromatic nitrogens is 2. The SMILES string of the molecule is Cc1nn(-c2cccc(C(F)(F)F)c2)c(Cl)c1C=NN1CC[NH+](C)CC1. The molecular formula is C17H20ClF3N5+. The summed E-state index contributed by atoms with van der Waals surface area (Å²) in [4.78, 5) is 1.46. The summed E-state index contributed by atoms with van der Waals surface area (Å²) < 4.78 is 40.1. The summed E-state index contributed by atoms with van der Waals surface area (Å²) in [6, 6.07) is 4.93. The number of hydrogen-bond acceptors (Lipinski definition) is 3. The van der Waals surface area contributed by atoms with E-state index in [1.165, 1.54) is 21.7 Å². The second kappa shape index (κ2) is 7.28. The average molecular weight is 387 g/mol. The highest BCUT2D eigenvalue weighted by Crippen LogP contribution is 2.31. The average Bonchev–Trinajstić information content (AvgIpc) is 2.88. The van der Waals surface area contributed by atoms with Crippen LogP contribution in [0.25, 0.3) is 5.69 Å². The number of benzene rings is 1. The molecule has 3 rings (SSSR count). The van der Waals surface area contributed by atoms with Gasteiger partial charge in [0, 0.05) is 0 Å². The van der Waals surface area contributed by atoms with E-state index < -0.39 is 11.7 Å². The highest BCUT2D eigenvalue weighted by atomic mass is 35.5. The Balaban J connectivity index is 1.87. The summed E-state index contributed by atoms with van der Waals surface area (Å²) in [6.07, 6.45) is -2.78. The van der Waals surface area contributed by atoms with Crippen LogP contribution in [0.3, 0.4) is 0 Å². The van der Waals surface area contributed by atoms with Gasteiger partial charge in [-0.25, -0.2) is 4.68 Å². The molecule has 0 amide bonds. The highest BCUT2D eigenvalue weighted by molar-refractivity contribution is 6.32. The van der Waals surface area contributed by atoms with Crippen molar-refractivity contribution in [3.05, 3.63) is 46.2 Å². The van der Waals surface area contributed by atoms with E-state index in [9.17, 15) is 13.2 Å². The number of alkyl halides is 3. The van der Waals surface area contributed by atoms with Crippen LogP contribution in [-0.4, -0.2) is 54.2 Å². The zero-order valence-corrected chi connectivity index (χ0v) is 15.3. The van der Waals surface area contributed by atoms with Crippen LogP contribution in [0.2, 0.25) is 5.15 Å². The summed E-state index contributed by atoms with van der Waals surface area (Å²) >= 11 is 6.38. The van der Waals surface area contributed by atoms with Crippen molar-refractivity contribution in [1.82, 2.24) is 14.8 Å². The lowest BCUT2D eigenvalue weighted by Gasteiger charge is -2.27. The van der Waals surface area contributed by atoms with Crippen LogP contribution < -0.4 is 4.90 Å². The van der Waals surface area contributed by atoms with E-state index in [-0.39, 0.29) is 10.8 Å². The van der Waals surface area contributed by atoms with Gasteiger partial charge in [0.05, 0.1) is 61.9 Å². The number of aryl methyl sites for hydroxylation is 1. The maximum absolute atomic E-state index is 12.9. The Hall–Kier alpha value is -2.06. The monoisotopic (exact) mass is 386 g/mol. The number of piperazine rings is 1. The van der Waals surface area contributed by atoms with Crippen molar-refractivity contribution in [1.29, 1.82) is 0 Å². The van der Waals surface area contributed by atoms with Crippen LogP contribution in [0.4, 0.5) is 13.2 Å². The number of hydrazone groups is 1. The molecule has 0 saturated carbocycles. The van der Waals surface area contributed by atoms with Crippen LogP contribution in [0.15, 0.2) is 29.4 Å². The molecule has 0 spiro atoms. The van der Waals surface area contributed by atoms with Gasteiger partial charge in [-0.2, -0.15) is 23.4 Å². The Labute approximate surface area is 154 Å². The lowest BCUT2D eigenvalue weighted by Crippen LogP contribution is -3.11. The molecule has 0 unspecified atom stereocenters. The number of quaternary nitrogens is 1. The predicted molar refractivity (Wildman–Crippen MR) is 94.1 cm³/mol. The number of likely N-dealkylation sites (N-methyl/N-ethyl adjacent to an activating group) is 1. The first kappa shape index (κ1) is 18.7. The van der Waals surface area contributed by atoms with Crippen LogP contribution in [0, 0.1) is 6.92 Å². The summed E-state index contributed by atoms with van der Waals surface area (Å²) in [5.74, 6) is 0. The summed E-state index contributed by atoms with van der Waals surface area (Å²) in [5.41, 5.74) is 0.733. The minimum Gasteiger partial charge on any atom is -0.334 e. The predicted octanol–water partition coefficient (Wildman–Crippen LogP) is 2.02. The van der Waals surface area contributed by atoms with Crippen LogP contribution in [0.5, 0.6) is 0 Å². The number of rotatable bonds is 3. The minimum atomic E-state index is -4.42. The van der Waals surface area contributed by atoms with Crippen LogP contribution in [-0.2, 0) is 6.18 Å². The van der Waals surface area contributed by atoms with Crippen LogP contribution in [0.1, 0.15) is 16.8 Å². The quantitative estimate of drug-likeness (QED) is 0.820. The fourth-order valence-corrected chi connectivity index (χ4v) is 3.10. The van der Waals surface area contributed by atoms with E-state index in [0.29, 0.717) is 11.3 Å². The Bertz CT molecular complexity index is 807. The van der Waals surface area contributed by atoms with Crippen molar-refractivity contribution in [2.45, 2.75) is 13.1 Å². The van der Waals surface area contributed by atoms with Crippen molar-refractivity contribution in [2.75, 3.05) is 33.2 Å². The molecule has 1 saturated heterocycles. The molecule has 5 nitrogen and oxygen atoms in total. The second-order valence-electron chi connectivity index (χ2n) is 6.41. The first-order valence-electron chi connectivity index (χ1n) is 8.28. The molecule has 2 heterocycles. The fourth-order valence-electron chi connectivity index (χ4n) is 2.77. The molecule has 0 aliphatic carbocycles. The molecule has 0 radical (unpaired) electrons. The number of nitrogens with one attached hydrogen (secondary N) is 1. The zero-order chi connectivity index (χ0) is 18.9. The Morgan fingerprint density at radius 2 is 1.96 bits per heavy atom. The molecule has 1 aliphatic heterocycles. The van der Waals surface area contributed by atoms with Gasteiger partial charge in [0.2, 0.25) is 0 Å². The zero-order valence-electron chi connectivity index (χ0n) is 14.5.